The number of halogens is 2. The van der Waals surface area contributed by atoms with E-state index in [4.69, 9.17) is 27.9 Å². The van der Waals surface area contributed by atoms with Crippen LogP contribution in [0, 0.1) is 17.8 Å². The third-order valence-electron chi connectivity index (χ3n) is 2.90. The molecule has 0 spiro atoms. The molecule has 2 aliphatic rings. The van der Waals surface area contributed by atoms with E-state index in [0.29, 0.717) is 5.92 Å². The summed E-state index contributed by atoms with van der Waals surface area (Å²) in [4.78, 5) is 11.1. The molecule has 0 aromatic heterocycles. The van der Waals surface area contributed by atoms with Gasteiger partial charge in [-0.2, -0.15) is 0 Å². The lowest BCUT2D eigenvalue weighted by Gasteiger charge is -2.24. The van der Waals surface area contributed by atoms with E-state index in [1.54, 1.807) is 0 Å². The van der Waals surface area contributed by atoms with Crippen molar-refractivity contribution in [1.82, 2.24) is 0 Å². The highest BCUT2D eigenvalue weighted by Crippen LogP contribution is 2.46. The monoisotopic (exact) mass is 220 g/mol. The molecule has 0 heterocycles. The molecule has 1 fully saturated rings. The van der Waals surface area contributed by atoms with Crippen LogP contribution in [0.2, 0.25) is 0 Å². The molecule has 4 unspecified atom stereocenters. The fourth-order valence-electron chi connectivity index (χ4n) is 2.37. The third kappa shape index (κ3) is 1.51. The van der Waals surface area contributed by atoms with Gasteiger partial charge in [0.05, 0.1) is 12.0 Å². The summed E-state index contributed by atoms with van der Waals surface area (Å²) in [6.07, 6.45) is 5.03. The van der Waals surface area contributed by atoms with Gasteiger partial charge in [-0.15, -0.1) is 0 Å². The Labute approximate surface area is 86.8 Å². The molecular formula is C9H10Cl2O2. The van der Waals surface area contributed by atoms with E-state index in [0.717, 1.165) is 6.42 Å². The summed E-state index contributed by atoms with van der Waals surface area (Å²) in [6, 6.07) is 0.127. The van der Waals surface area contributed by atoms with Crippen molar-refractivity contribution in [1.29, 1.82) is 0 Å². The topological polar surface area (TPSA) is 26.3 Å². The maximum Gasteiger partial charge on any atom is 0.227 e. The number of ether oxygens (including phenoxy) is 1. The Morgan fingerprint density at radius 3 is 2.77 bits per heavy atom. The highest BCUT2D eigenvalue weighted by molar-refractivity contribution is 6.64. The van der Waals surface area contributed by atoms with Gasteiger partial charge in [-0.3, -0.25) is 4.79 Å². The molecular weight excluding hydrogens is 211 g/mol. The molecule has 13 heavy (non-hydrogen) atoms. The van der Waals surface area contributed by atoms with Crippen molar-refractivity contribution in [3.8, 4) is 0 Å². The van der Waals surface area contributed by atoms with Crippen LogP contribution in [-0.2, 0) is 9.53 Å². The van der Waals surface area contributed by atoms with Gasteiger partial charge in [-0.05, 0) is 23.9 Å². The second-order valence-corrected chi connectivity index (χ2v) is 4.11. The molecule has 0 aliphatic heterocycles. The maximum absolute atomic E-state index is 11.1. The lowest BCUT2D eigenvalue weighted by Crippen LogP contribution is -2.31. The summed E-state index contributed by atoms with van der Waals surface area (Å²) in [7, 11) is 0. The first-order valence-corrected chi connectivity index (χ1v) is 5.20. The second-order valence-electron chi connectivity index (χ2n) is 3.52. The van der Waals surface area contributed by atoms with E-state index in [2.05, 4.69) is 12.2 Å². The molecule has 0 aromatic rings. The minimum atomic E-state index is -0.299. The molecule has 2 aliphatic carbocycles. The summed E-state index contributed by atoms with van der Waals surface area (Å²) in [5, 5.41) is -0.299. The highest BCUT2D eigenvalue weighted by Gasteiger charge is 2.48. The van der Waals surface area contributed by atoms with Gasteiger partial charge in [0.1, 0.15) is 6.07 Å². The number of rotatable bonds is 3. The zero-order valence-corrected chi connectivity index (χ0v) is 8.46. The molecule has 0 amide bonds. The fourth-order valence-corrected chi connectivity index (χ4v) is 2.81. The Morgan fingerprint density at radius 1 is 1.46 bits per heavy atom. The predicted octanol–water partition coefficient (Wildman–Crippen LogP) is 2.16. The summed E-state index contributed by atoms with van der Waals surface area (Å²) >= 11 is 11.0. The standard InChI is InChI=1S/C9H10Cl2O2/c10-4-13-8-6-2-1-5(3-6)7(8)9(11)12/h1-2,5-8H,3-4H2. The van der Waals surface area contributed by atoms with Crippen LogP contribution >= 0.6 is 23.2 Å². The number of fused-ring (bicyclic) bond motifs is 2. The van der Waals surface area contributed by atoms with Crippen LogP contribution in [0.3, 0.4) is 0 Å². The number of carbonyl (C=O) groups excluding carboxylic acids is 1. The lowest BCUT2D eigenvalue weighted by atomic mass is 9.92. The summed E-state index contributed by atoms with van der Waals surface area (Å²) < 4.78 is 5.32. The average molecular weight is 221 g/mol. The number of hydrogen-bond donors (Lipinski definition) is 0. The quantitative estimate of drug-likeness (QED) is 0.414. The van der Waals surface area contributed by atoms with Crippen LogP contribution in [-0.4, -0.2) is 17.4 Å². The first-order chi connectivity index (χ1) is 6.24. The van der Waals surface area contributed by atoms with Crippen molar-refractivity contribution >= 4 is 28.4 Å². The smallest absolute Gasteiger partial charge is 0.227 e. The fraction of sp³-hybridized carbons (Fsp3) is 0.667. The Morgan fingerprint density at radius 2 is 2.15 bits per heavy atom. The predicted molar refractivity (Wildman–Crippen MR) is 50.7 cm³/mol. The van der Waals surface area contributed by atoms with Crippen molar-refractivity contribution in [3.05, 3.63) is 12.2 Å². The molecule has 4 heteroatoms. The zero-order chi connectivity index (χ0) is 9.42. The van der Waals surface area contributed by atoms with Gasteiger partial charge in [-0.1, -0.05) is 23.8 Å². The van der Waals surface area contributed by atoms with Crippen LogP contribution < -0.4 is 0 Å². The first-order valence-electron chi connectivity index (χ1n) is 4.29. The summed E-state index contributed by atoms with van der Waals surface area (Å²) in [5.41, 5.74) is 0. The van der Waals surface area contributed by atoms with Gasteiger partial charge < -0.3 is 4.74 Å². The molecule has 2 nitrogen and oxygen atoms in total. The van der Waals surface area contributed by atoms with E-state index in [9.17, 15) is 4.79 Å². The third-order valence-corrected chi connectivity index (χ3v) is 3.28. The normalized spacial score (nSPS) is 41.4. The van der Waals surface area contributed by atoms with Gasteiger partial charge in [0, 0.05) is 5.92 Å². The van der Waals surface area contributed by atoms with E-state index in [-0.39, 0.29) is 29.2 Å². The Balaban J connectivity index is 2.15. The molecule has 0 aromatic carbocycles. The Hall–Kier alpha value is -0.0500. The minimum Gasteiger partial charge on any atom is -0.361 e. The number of allylic oxidation sites excluding steroid dienone is 1. The van der Waals surface area contributed by atoms with E-state index >= 15 is 0 Å². The van der Waals surface area contributed by atoms with Gasteiger partial charge in [0.25, 0.3) is 0 Å². The molecule has 72 valence electrons. The van der Waals surface area contributed by atoms with Crippen molar-refractivity contribution in [2.75, 3.05) is 6.07 Å². The van der Waals surface area contributed by atoms with E-state index in [1.165, 1.54) is 0 Å². The maximum atomic E-state index is 11.1. The van der Waals surface area contributed by atoms with Crippen molar-refractivity contribution in [3.63, 3.8) is 0 Å². The van der Waals surface area contributed by atoms with Gasteiger partial charge in [0.2, 0.25) is 5.24 Å². The molecule has 1 saturated carbocycles. The zero-order valence-electron chi connectivity index (χ0n) is 6.95. The van der Waals surface area contributed by atoms with Crippen molar-refractivity contribution in [2.45, 2.75) is 12.5 Å². The number of hydrogen-bond acceptors (Lipinski definition) is 2. The van der Waals surface area contributed by atoms with Crippen LogP contribution in [0.4, 0.5) is 0 Å². The molecule has 0 N–H and O–H groups in total. The number of alkyl halides is 1. The summed E-state index contributed by atoms with van der Waals surface area (Å²) in [6.45, 7) is 0. The Kier molecular flexibility index (Phi) is 2.63. The van der Waals surface area contributed by atoms with Gasteiger partial charge in [-0.25, -0.2) is 0 Å². The molecule has 0 radical (unpaired) electrons. The van der Waals surface area contributed by atoms with Crippen LogP contribution in [0.25, 0.3) is 0 Å². The average Bonchev–Trinajstić information content (AvgIpc) is 2.63. The molecule has 4 atom stereocenters. The second kappa shape index (κ2) is 3.60. The van der Waals surface area contributed by atoms with E-state index < -0.39 is 0 Å². The van der Waals surface area contributed by atoms with Crippen LogP contribution in [0.5, 0.6) is 0 Å². The molecule has 0 saturated heterocycles. The van der Waals surface area contributed by atoms with Crippen LogP contribution in [0.15, 0.2) is 12.2 Å². The van der Waals surface area contributed by atoms with Crippen molar-refractivity contribution < 1.29 is 9.53 Å². The van der Waals surface area contributed by atoms with Crippen molar-refractivity contribution in [2.24, 2.45) is 17.8 Å². The van der Waals surface area contributed by atoms with E-state index in [1.807, 2.05) is 0 Å². The molecule has 2 bridgehead atoms. The van der Waals surface area contributed by atoms with Gasteiger partial charge in [0.15, 0.2) is 0 Å². The van der Waals surface area contributed by atoms with Gasteiger partial charge >= 0.3 is 0 Å². The van der Waals surface area contributed by atoms with Crippen LogP contribution in [0.1, 0.15) is 6.42 Å². The lowest BCUT2D eigenvalue weighted by molar-refractivity contribution is -0.120. The SMILES string of the molecule is O=C(Cl)C1C2C=CC(C2)C1OCCl. The first kappa shape index (κ1) is 9.50. The minimum absolute atomic E-state index is 0.0995. The summed E-state index contributed by atoms with van der Waals surface area (Å²) in [5.74, 6) is 0.412. The Bertz CT molecular complexity index is 252. The largest absolute Gasteiger partial charge is 0.361 e. The highest BCUT2D eigenvalue weighted by atomic mass is 35.5. The number of carbonyl (C=O) groups is 1. The molecule has 2 rings (SSSR count).